The standard InChI is InChI=1S/C17H29N3S.HI/c1-20(2)17(18-13-9-4-5-10-14-21-3)19-15-16-11-7-6-8-12-16;/h6-8,11-12H,4-5,9-10,13-15H2,1-3H3,(H,18,19);1H. The maximum Gasteiger partial charge on any atom is 0.193 e. The topological polar surface area (TPSA) is 27.6 Å². The number of halogens is 1. The van der Waals surface area contributed by atoms with Gasteiger partial charge in [-0.25, -0.2) is 4.99 Å². The van der Waals surface area contributed by atoms with E-state index in [1.54, 1.807) is 0 Å². The van der Waals surface area contributed by atoms with Crippen LogP contribution in [0.3, 0.4) is 0 Å². The third-order valence-electron chi connectivity index (χ3n) is 3.24. The Kier molecular flexibility index (Phi) is 13.9. The molecule has 0 atom stereocenters. The summed E-state index contributed by atoms with van der Waals surface area (Å²) in [5, 5.41) is 3.45. The Bertz CT molecular complexity index is 396. The van der Waals surface area contributed by atoms with E-state index in [-0.39, 0.29) is 24.0 Å². The molecule has 0 saturated carbocycles. The Balaban J connectivity index is 0.00000441. The highest BCUT2D eigenvalue weighted by Crippen LogP contribution is 2.04. The molecule has 0 spiro atoms. The fraction of sp³-hybridized carbons (Fsp3) is 0.588. The smallest absolute Gasteiger partial charge is 0.193 e. The second-order valence-corrected chi connectivity index (χ2v) is 6.34. The van der Waals surface area contributed by atoms with E-state index < -0.39 is 0 Å². The van der Waals surface area contributed by atoms with Gasteiger partial charge in [-0.1, -0.05) is 43.2 Å². The molecule has 0 aliphatic rings. The SMILES string of the molecule is CSCCCCCCNC(=NCc1ccccc1)N(C)C.I. The summed E-state index contributed by atoms with van der Waals surface area (Å²) < 4.78 is 0. The van der Waals surface area contributed by atoms with Crippen molar-refractivity contribution in [3.05, 3.63) is 35.9 Å². The molecule has 0 aromatic heterocycles. The maximum atomic E-state index is 4.67. The normalized spacial score (nSPS) is 11.0. The van der Waals surface area contributed by atoms with Crippen LogP contribution in [0.5, 0.6) is 0 Å². The highest BCUT2D eigenvalue weighted by atomic mass is 127. The van der Waals surface area contributed by atoms with Crippen molar-refractivity contribution in [2.24, 2.45) is 4.99 Å². The van der Waals surface area contributed by atoms with Crippen molar-refractivity contribution in [1.29, 1.82) is 0 Å². The van der Waals surface area contributed by atoms with E-state index in [0.29, 0.717) is 0 Å². The van der Waals surface area contributed by atoms with E-state index >= 15 is 0 Å². The summed E-state index contributed by atoms with van der Waals surface area (Å²) >= 11 is 1.94. The lowest BCUT2D eigenvalue weighted by Crippen LogP contribution is -2.37. The number of unbranched alkanes of at least 4 members (excludes halogenated alkanes) is 3. The second kappa shape index (κ2) is 14.2. The third kappa shape index (κ3) is 10.3. The first-order valence-electron chi connectivity index (χ1n) is 7.72. The van der Waals surface area contributed by atoms with Gasteiger partial charge in [0.15, 0.2) is 5.96 Å². The number of nitrogens with zero attached hydrogens (tertiary/aromatic N) is 2. The fourth-order valence-electron chi connectivity index (χ4n) is 2.03. The lowest BCUT2D eigenvalue weighted by molar-refractivity contribution is 0.566. The summed E-state index contributed by atoms with van der Waals surface area (Å²) in [5.74, 6) is 2.26. The molecule has 0 unspecified atom stereocenters. The first-order valence-corrected chi connectivity index (χ1v) is 9.12. The molecule has 1 rings (SSSR count). The van der Waals surface area contributed by atoms with Gasteiger partial charge in [0.25, 0.3) is 0 Å². The van der Waals surface area contributed by atoms with Gasteiger partial charge in [0.05, 0.1) is 6.54 Å². The van der Waals surface area contributed by atoms with Crippen LogP contribution in [0.2, 0.25) is 0 Å². The number of guanidine groups is 1. The van der Waals surface area contributed by atoms with E-state index in [4.69, 9.17) is 0 Å². The van der Waals surface area contributed by atoms with Crippen LogP contribution in [0.1, 0.15) is 31.2 Å². The van der Waals surface area contributed by atoms with Gasteiger partial charge in [0, 0.05) is 20.6 Å². The number of aliphatic imine (C=N–C) groups is 1. The largest absolute Gasteiger partial charge is 0.356 e. The summed E-state index contributed by atoms with van der Waals surface area (Å²) in [4.78, 5) is 6.72. The predicted octanol–water partition coefficient (Wildman–Crippen LogP) is 4.24. The summed E-state index contributed by atoms with van der Waals surface area (Å²) in [7, 11) is 4.07. The van der Waals surface area contributed by atoms with Gasteiger partial charge in [-0.3, -0.25) is 0 Å². The summed E-state index contributed by atoms with van der Waals surface area (Å²) in [5.41, 5.74) is 1.25. The van der Waals surface area contributed by atoms with Crippen LogP contribution in [0.25, 0.3) is 0 Å². The Morgan fingerprint density at radius 2 is 1.77 bits per heavy atom. The molecule has 0 aliphatic heterocycles. The zero-order chi connectivity index (χ0) is 15.3. The lowest BCUT2D eigenvalue weighted by Gasteiger charge is -2.17. The molecule has 22 heavy (non-hydrogen) atoms. The first-order chi connectivity index (χ1) is 10.2. The van der Waals surface area contributed by atoms with Crippen LogP contribution in [0.4, 0.5) is 0 Å². The Hall–Kier alpha value is -0.430. The minimum absolute atomic E-state index is 0. The highest BCUT2D eigenvalue weighted by molar-refractivity contribution is 14.0. The van der Waals surface area contributed by atoms with E-state index in [1.165, 1.54) is 37.0 Å². The van der Waals surface area contributed by atoms with Crippen LogP contribution in [0.15, 0.2) is 35.3 Å². The van der Waals surface area contributed by atoms with E-state index in [9.17, 15) is 0 Å². The molecule has 0 saturated heterocycles. The Labute approximate surface area is 157 Å². The Morgan fingerprint density at radius 1 is 1.09 bits per heavy atom. The summed E-state index contributed by atoms with van der Waals surface area (Å²) in [6.45, 7) is 1.74. The van der Waals surface area contributed by atoms with Crippen molar-refractivity contribution in [3.8, 4) is 0 Å². The number of thioether (sulfide) groups is 1. The van der Waals surface area contributed by atoms with E-state index in [0.717, 1.165) is 19.0 Å². The van der Waals surface area contributed by atoms with Crippen molar-refractivity contribution in [3.63, 3.8) is 0 Å². The predicted molar refractivity (Wildman–Crippen MR) is 112 cm³/mol. The van der Waals surface area contributed by atoms with Gasteiger partial charge in [0.1, 0.15) is 0 Å². The molecule has 0 aliphatic carbocycles. The fourth-order valence-corrected chi connectivity index (χ4v) is 2.52. The van der Waals surface area contributed by atoms with Crippen molar-refractivity contribution in [1.82, 2.24) is 10.2 Å². The van der Waals surface area contributed by atoms with Gasteiger partial charge in [-0.15, -0.1) is 24.0 Å². The van der Waals surface area contributed by atoms with E-state index in [2.05, 4.69) is 45.7 Å². The average Bonchev–Trinajstić information content (AvgIpc) is 2.50. The van der Waals surface area contributed by atoms with Crippen LogP contribution in [-0.4, -0.2) is 43.5 Å². The minimum Gasteiger partial charge on any atom is -0.356 e. The molecule has 0 heterocycles. The first kappa shape index (κ1) is 21.6. The van der Waals surface area contributed by atoms with Crippen molar-refractivity contribution >= 4 is 41.7 Å². The zero-order valence-electron chi connectivity index (χ0n) is 14.0. The second-order valence-electron chi connectivity index (χ2n) is 5.35. The van der Waals surface area contributed by atoms with Gasteiger partial charge < -0.3 is 10.2 Å². The number of rotatable bonds is 9. The molecule has 3 nitrogen and oxygen atoms in total. The number of hydrogen-bond donors (Lipinski definition) is 1. The molecular formula is C17H30IN3S. The molecule has 126 valence electrons. The van der Waals surface area contributed by atoms with Gasteiger partial charge in [-0.05, 0) is 30.4 Å². The summed E-state index contributed by atoms with van der Waals surface area (Å²) in [6.07, 6.45) is 7.36. The molecule has 0 bridgehead atoms. The molecule has 1 N–H and O–H groups in total. The maximum absolute atomic E-state index is 4.67. The van der Waals surface area contributed by atoms with Crippen molar-refractivity contribution in [2.45, 2.75) is 32.2 Å². The van der Waals surface area contributed by atoms with E-state index in [1.807, 2.05) is 31.9 Å². The molecule has 1 aromatic carbocycles. The molecular weight excluding hydrogens is 405 g/mol. The molecule has 0 radical (unpaired) electrons. The highest BCUT2D eigenvalue weighted by Gasteiger charge is 2.00. The lowest BCUT2D eigenvalue weighted by atomic mass is 10.2. The number of nitrogens with one attached hydrogen (secondary N) is 1. The van der Waals surface area contributed by atoms with Crippen LogP contribution < -0.4 is 5.32 Å². The molecule has 0 amide bonds. The number of hydrogen-bond acceptors (Lipinski definition) is 2. The van der Waals surface area contributed by atoms with Gasteiger partial charge in [0.2, 0.25) is 0 Å². The van der Waals surface area contributed by atoms with Gasteiger partial charge >= 0.3 is 0 Å². The molecule has 5 heteroatoms. The molecule has 1 aromatic rings. The zero-order valence-corrected chi connectivity index (χ0v) is 17.2. The van der Waals surface area contributed by atoms with Crippen LogP contribution >= 0.6 is 35.7 Å². The quantitative estimate of drug-likeness (QED) is 0.272. The summed E-state index contributed by atoms with van der Waals surface area (Å²) in [6, 6.07) is 10.4. The third-order valence-corrected chi connectivity index (χ3v) is 3.93. The van der Waals surface area contributed by atoms with Crippen molar-refractivity contribution < 1.29 is 0 Å². The van der Waals surface area contributed by atoms with Crippen LogP contribution in [0, 0.1) is 0 Å². The van der Waals surface area contributed by atoms with Crippen molar-refractivity contribution in [2.75, 3.05) is 32.6 Å². The van der Waals surface area contributed by atoms with Gasteiger partial charge in [-0.2, -0.15) is 11.8 Å². The monoisotopic (exact) mass is 435 g/mol. The minimum atomic E-state index is 0. The Morgan fingerprint density at radius 3 is 2.41 bits per heavy atom. The number of benzene rings is 1. The molecule has 0 fully saturated rings. The average molecular weight is 435 g/mol. The van der Waals surface area contributed by atoms with Crippen LogP contribution in [-0.2, 0) is 6.54 Å².